The van der Waals surface area contributed by atoms with Crippen LogP contribution in [0.15, 0.2) is 41.2 Å². The number of benzene rings is 1. The van der Waals surface area contributed by atoms with Gasteiger partial charge in [0.1, 0.15) is 0 Å². The zero-order chi connectivity index (χ0) is 10.8. The molecule has 3 nitrogen and oxygen atoms in total. The Kier molecular flexibility index (Phi) is 2.56. The van der Waals surface area contributed by atoms with Gasteiger partial charge in [-0.25, -0.2) is 0 Å². The number of para-hydroxylation sites is 1. The van der Waals surface area contributed by atoms with Gasteiger partial charge in [0, 0.05) is 6.07 Å². The molecule has 0 N–H and O–H groups in total. The van der Waals surface area contributed by atoms with Gasteiger partial charge in [-0.3, -0.25) is 4.79 Å². The average Bonchev–Trinajstić information content (AvgIpc) is 2.25. The Hall–Kier alpha value is -1.61. The van der Waals surface area contributed by atoms with Gasteiger partial charge in [0.05, 0.1) is 5.69 Å². The molecular formula is C11H9ClN2O. The lowest BCUT2D eigenvalue weighted by Gasteiger charge is -2.05. The summed E-state index contributed by atoms with van der Waals surface area (Å²) in [6, 6.07) is 10.7. The summed E-state index contributed by atoms with van der Waals surface area (Å²) in [6.45, 7) is 1.76. The number of aromatic nitrogens is 2. The Balaban J connectivity index is 2.65. The van der Waals surface area contributed by atoms with Crippen molar-refractivity contribution in [1.82, 2.24) is 9.78 Å². The van der Waals surface area contributed by atoms with E-state index in [1.807, 2.05) is 18.2 Å². The molecule has 0 amide bonds. The average molecular weight is 221 g/mol. The molecule has 0 spiro atoms. The molecule has 1 heterocycles. The fourth-order valence-corrected chi connectivity index (χ4v) is 1.41. The molecule has 2 aromatic rings. The van der Waals surface area contributed by atoms with Gasteiger partial charge in [-0.1, -0.05) is 29.8 Å². The molecule has 0 bridgehead atoms. The first-order chi connectivity index (χ1) is 7.18. The number of aryl methyl sites for hydroxylation is 1. The Bertz CT molecular complexity index is 534. The van der Waals surface area contributed by atoms with Crippen molar-refractivity contribution in [2.24, 2.45) is 0 Å². The van der Waals surface area contributed by atoms with Crippen LogP contribution in [0, 0.1) is 6.92 Å². The standard InChI is InChI=1S/C11H9ClN2O/c1-8-7-10(15)14(13-11(8)12)9-5-3-2-4-6-9/h2-7H,1H3. The van der Waals surface area contributed by atoms with E-state index in [4.69, 9.17) is 11.6 Å². The Labute approximate surface area is 91.9 Å². The maximum absolute atomic E-state index is 11.6. The van der Waals surface area contributed by atoms with E-state index in [-0.39, 0.29) is 5.56 Å². The van der Waals surface area contributed by atoms with Crippen LogP contribution in [-0.4, -0.2) is 9.78 Å². The van der Waals surface area contributed by atoms with Crippen LogP contribution in [0.4, 0.5) is 0 Å². The first-order valence-electron chi connectivity index (χ1n) is 4.50. The van der Waals surface area contributed by atoms with E-state index in [2.05, 4.69) is 5.10 Å². The van der Waals surface area contributed by atoms with Crippen LogP contribution < -0.4 is 5.56 Å². The summed E-state index contributed by atoms with van der Waals surface area (Å²) in [5.74, 6) is 0. The summed E-state index contributed by atoms with van der Waals surface area (Å²) in [5.41, 5.74) is 1.22. The molecule has 0 unspecified atom stereocenters. The van der Waals surface area contributed by atoms with Crippen molar-refractivity contribution in [2.75, 3.05) is 0 Å². The minimum atomic E-state index is -0.178. The van der Waals surface area contributed by atoms with Crippen LogP contribution in [0.5, 0.6) is 0 Å². The third kappa shape index (κ3) is 1.92. The quantitative estimate of drug-likeness (QED) is 0.739. The van der Waals surface area contributed by atoms with Crippen LogP contribution in [0.1, 0.15) is 5.56 Å². The molecule has 76 valence electrons. The minimum Gasteiger partial charge on any atom is -0.267 e. The molecule has 0 aliphatic carbocycles. The summed E-state index contributed by atoms with van der Waals surface area (Å²) in [5, 5.41) is 4.36. The van der Waals surface area contributed by atoms with E-state index in [0.717, 1.165) is 0 Å². The molecule has 0 saturated heterocycles. The summed E-state index contributed by atoms with van der Waals surface area (Å²) < 4.78 is 1.29. The lowest BCUT2D eigenvalue weighted by Crippen LogP contribution is -2.20. The maximum atomic E-state index is 11.6. The lowest BCUT2D eigenvalue weighted by molar-refractivity contribution is 0.801. The van der Waals surface area contributed by atoms with E-state index in [0.29, 0.717) is 16.4 Å². The van der Waals surface area contributed by atoms with Crippen molar-refractivity contribution in [3.63, 3.8) is 0 Å². The molecule has 0 aliphatic rings. The van der Waals surface area contributed by atoms with Crippen molar-refractivity contribution in [3.05, 3.63) is 57.5 Å². The Morgan fingerprint density at radius 1 is 1.27 bits per heavy atom. The molecule has 0 fully saturated rings. The predicted molar refractivity (Wildman–Crippen MR) is 59.6 cm³/mol. The SMILES string of the molecule is Cc1cc(=O)n(-c2ccccc2)nc1Cl. The van der Waals surface area contributed by atoms with Crippen molar-refractivity contribution < 1.29 is 0 Å². The van der Waals surface area contributed by atoms with Crippen LogP contribution >= 0.6 is 11.6 Å². The van der Waals surface area contributed by atoms with Gasteiger partial charge in [-0.2, -0.15) is 9.78 Å². The Morgan fingerprint density at radius 3 is 2.60 bits per heavy atom. The third-order valence-corrected chi connectivity index (χ3v) is 2.44. The van der Waals surface area contributed by atoms with Gasteiger partial charge in [0.25, 0.3) is 5.56 Å². The van der Waals surface area contributed by atoms with E-state index in [9.17, 15) is 4.79 Å². The van der Waals surface area contributed by atoms with Crippen molar-refractivity contribution >= 4 is 11.6 Å². The van der Waals surface area contributed by atoms with Crippen molar-refractivity contribution in [3.8, 4) is 5.69 Å². The van der Waals surface area contributed by atoms with E-state index in [1.165, 1.54) is 10.7 Å². The molecule has 0 aliphatic heterocycles. The highest BCUT2D eigenvalue weighted by molar-refractivity contribution is 6.30. The summed E-state index contributed by atoms with van der Waals surface area (Å²) in [6.07, 6.45) is 0. The normalized spacial score (nSPS) is 10.3. The third-order valence-electron chi connectivity index (χ3n) is 2.06. The van der Waals surface area contributed by atoms with Gasteiger partial charge in [0.2, 0.25) is 0 Å². The zero-order valence-electron chi connectivity index (χ0n) is 8.14. The minimum absolute atomic E-state index is 0.178. The fraction of sp³-hybridized carbons (Fsp3) is 0.0909. The summed E-state index contributed by atoms with van der Waals surface area (Å²) in [4.78, 5) is 11.6. The van der Waals surface area contributed by atoms with E-state index in [1.54, 1.807) is 19.1 Å². The first kappa shape index (κ1) is 9.93. The zero-order valence-corrected chi connectivity index (χ0v) is 8.90. The second kappa shape index (κ2) is 3.87. The highest BCUT2D eigenvalue weighted by Gasteiger charge is 2.04. The molecule has 0 atom stereocenters. The second-order valence-corrected chi connectivity index (χ2v) is 3.56. The van der Waals surface area contributed by atoms with Gasteiger partial charge in [0.15, 0.2) is 5.15 Å². The number of halogens is 1. The van der Waals surface area contributed by atoms with Crippen LogP contribution in [0.25, 0.3) is 5.69 Å². The highest BCUT2D eigenvalue weighted by Crippen LogP contribution is 2.09. The molecule has 15 heavy (non-hydrogen) atoms. The lowest BCUT2D eigenvalue weighted by atomic mass is 10.3. The van der Waals surface area contributed by atoms with Crippen LogP contribution in [0.3, 0.4) is 0 Å². The Morgan fingerprint density at radius 2 is 1.93 bits per heavy atom. The number of nitrogens with zero attached hydrogens (tertiary/aromatic N) is 2. The monoisotopic (exact) mass is 220 g/mol. The highest BCUT2D eigenvalue weighted by atomic mass is 35.5. The number of rotatable bonds is 1. The number of hydrogen-bond donors (Lipinski definition) is 0. The largest absolute Gasteiger partial charge is 0.271 e. The number of hydrogen-bond acceptors (Lipinski definition) is 2. The van der Waals surface area contributed by atoms with Crippen LogP contribution in [-0.2, 0) is 0 Å². The van der Waals surface area contributed by atoms with Gasteiger partial charge in [-0.15, -0.1) is 0 Å². The van der Waals surface area contributed by atoms with Crippen molar-refractivity contribution in [2.45, 2.75) is 6.92 Å². The molecule has 4 heteroatoms. The predicted octanol–water partition coefficient (Wildman–Crippen LogP) is 2.19. The molecular weight excluding hydrogens is 212 g/mol. The molecule has 0 saturated carbocycles. The summed E-state index contributed by atoms with van der Waals surface area (Å²) in [7, 11) is 0. The molecule has 1 aromatic heterocycles. The van der Waals surface area contributed by atoms with Gasteiger partial charge in [-0.05, 0) is 24.6 Å². The second-order valence-electron chi connectivity index (χ2n) is 3.20. The van der Waals surface area contributed by atoms with E-state index >= 15 is 0 Å². The van der Waals surface area contributed by atoms with Gasteiger partial charge < -0.3 is 0 Å². The first-order valence-corrected chi connectivity index (χ1v) is 4.88. The van der Waals surface area contributed by atoms with E-state index < -0.39 is 0 Å². The maximum Gasteiger partial charge on any atom is 0.271 e. The fourth-order valence-electron chi connectivity index (χ4n) is 1.28. The van der Waals surface area contributed by atoms with Crippen molar-refractivity contribution in [1.29, 1.82) is 0 Å². The molecule has 2 rings (SSSR count). The van der Waals surface area contributed by atoms with Crippen LogP contribution in [0.2, 0.25) is 5.15 Å². The molecule has 0 radical (unpaired) electrons. The topological polar surface area (TPSA) is 34.9 Å². The van der Waals surface area contributed by atoms with Gasteiger partial charge >= 0.3 is 0 Å². The summed E-state index contributed by atoms with van der Waals surface area (Å²) >= 11 is 5.86. The molecule has 1 aromatic carbocycles. The smallest absolute Gasteiger partial charge is 0.267 e.